The molecule has 1 aromatic carbocycles. The first-order chi connectivity index (χ1) is 8.86. The van der Waals surface area contributed by atoms with E-state index in [1.807, 2.05) is 24.3 Å². The van der Waals surface area contributed by atoms with Crippen LogP contribution in [0.25, 0.3) is 0 Å². The summed E-state index contributed by atoms with van der Waals surface area (Å²) in [7, 11) is 0. The van der Waals surface area contributed by atoms with Crippen LogP contribution < -0.4 is 21.3 Å². The molecular weight excluding hydrogens is 230 g/mol. The van der Waals surface area contributed by atoms with E-state index in [0.29, 0.717) is 18.2 Å². The molecule has 0 saturated carbocycles. The lowest BCUT2D eigenvalue weighted by Gasteiger charge is -2.12. The number of aromatic nitrogens is 2. The predicted octanol–water partition coefficient (Wildman–Crippen LogP) is 1.31. The summed E-state index contributed by atoms with van der Waals surface area (Å²) >= 11 is 0. The lowest BCUT2D eigenvalue weighted by molar-refractivity contribution is 0.339. The zero-order valence-corrected chi connectivity index (χ0v) is 9.63. The molecule has 6 heteroatoms. The van der Waals surface area contributed by atoms with E-state index < -0.39 is 0 Å². The van der Waals surface area contributed by atoms with Crippen molar-refractivity contribution in [2.75, 3.05) is 17.3 Å². The Morgan fingerprint density at radius 1 is 1.22 bits per heavy atom. The molecule has 6 nitrogen and oxygen atoms in total. The van der Waals surface area contributed by atoms with E-state index >= 15 is 0 Å². The van der Waals surface area contributed by atoms with E-state index in [1.54, 1.807) is 12.4 Å². The molecular formula is C12H13N5O. The molecule has 1 aliphatic rings. The number of rotatable bonds is 3. The molecule has 1 atom stereocenters. The van der Waals surface area contributed by atoms with Gasteiger partial charge < -0.3 is 15.5 Å². The molecule has 0 bridgehead atoms. The van der Waals surface area contributed by atoms with E-state index in [9.17, 15) is 0 Å². The van der Waals surface area contributed by atoms with Gasteiger partial charge in [-0.25, -0.2) is 10.8 Å². The maximum absolute atomic E-state index is 5.59. The fourth-order valence-corrected chi connectivity index (χ4v) is 1.97. The molecule has 3 rings (SSSR count). The van der Waals surface area contributed by atoms with Gasteiger partial charge in [-0.1, -0.05) is 18.2 Å². The number of ether oxygens (including phenoxy) is 1. The normalized spacial score (nSPS) is 16.8. The zero-order chi connectivity index (χ0) is 12.4. The highest BCUT2D eigenvalue weighted by atomic mass is 16.5. The summed E-state index contributed by atoms with van der Waals surface area (Å²) in [6.07, 6.45) is 3.21. The third-order valence-electron chi connectivity index (χ3n) is 2.80. The van der Waals surface area contributed by atoms with Gasteiger partial charge in [0.25, 0.3) is 0 Å². The Bertz CT molecular complexity index is 560. The Morgan fingerprint density at radius 2 is 2.06 bits per heavy atom. The van der Waals surface area contributed by atoms with Gasteiger partial charge in [-0.05, 0) is 6.07 Å². The quantitative estimate of drug-likeness (QED) is 0.556. The van der Waals surface area contributed by atoms with Gasteiger partial charge in [0.1, 0.15) is 18.2 Å². The molecule has 0 saturated heterocycles. The van der Waals surface area contributed by atoms with E-state index in [2.05, 4.69) is 20.7 Å². The van der Waals surface area contributed by atoms with Crippen molar-refractivity contribution in [1.82, 2.24) is 9.97 Å². The molecule has 0 fully saturated rings. The largest absolute Gasteiger partial charge is 0.491 e. The summed E-state index contributed by atoms with van der Waals surface area (Å²) in [5.74, 6) is 7.39. The van der Waals surface area contributed by atoms with Crippen LogP contribution in [0.5, 0.6) is 5.75 Å². The average molecular weight is 243 g/mol. The van der Waals surface area contributed by atoms with Gasteiger partial charge in [0.2, 0.25) is 0 Å². The number of hydrazine groups is 1. The van der Waals surface area contributed by atoms with Crippen LogP contribution >= 0.6 is 0 Å². The molecule has 18 heavy (non-hydrogen) atoms. The number of hydrogen-bond donors (Lipinski definition) is 3. The van der Waals surface area contributed by atoms with Crippen molar-refractivity contribution in [1.29, 1.82) is 0 Å². The van der Waals surface area contributed by atoms with E-state index in [4.69, 9.17) is 10.6 Å². The molecule has 4 N–H and O–H groups in total. The third kappa shape index (κ3) is 1.93. The number of anilines is 2. The number of nitrogens with zero attached hydrogens (tertiary/aromatic N) is 2. The van der Waals surface area contributed by atoms with E-state index in [-0.39, 0.29) is 6.04 Å². The van der Waals surface area contributed by atoms with Crippen molar-refractivity contribution in [3.05, 3.63) is 42.2 Å². The highest BCUT2D eigenvalue weighted by Gasteiger charge is 2.23. The first kappa shape index (κ1) is 10.8. The summed E-state index contributed by atoms with van der Waals surface area (Å²) in [5.41, 5.74) is 3.60. The van der Waals surface area contributed by atoms with Gasteiger partial charge in [0.05, 0.1) is 18.4 Å². The van der Waals surface area contributed by atoms with Gasteiger partial charge in [-0.15, -0.1) is 0 Å². The molecule has 1 unspecified atom stereocenters. The maximum Gasteiger partial charge on any atom is 0.160 e. The summed E-state index contributed by atoms with van der Waals surface area (Å²) in [6.45, 7) is 0.585. The Balaban J connectivity index is 1.82. The molecule has 2 aromatic rings. The van der Waals surface area contributed by atoms with Crippen LogP contribution in [0.3, 0.4) is 0 Å². The molecule has 92 valence electrons. The first-order valence-corrected chi connectivity index (χ1v) is 5.64. The molecule has 0 radical (unpaired) electrons. The minimum atomic E-state index is 0.0866. The minimum Gasteiger partial charge on any atom is -0.491 e. The second kappa shape index (κ2) is 4.50. The first-order valence-electron chi connectivity index (χ1n) is 5.64. The Kier molecular flexibility index (Phi) is 2.70. The number of fused-ring (bicyclic) bond motifs is 1. The highest BCUT2D eigenvalue weighted by Crippen LogP contribution is 2.33. The summed E-state index contributed by atoms with van der Waals surface area (Å²) in [4.78, 5) is 8.31. The number of nitrogens with one attached hydrogen (secondary N) is 2. The molecule has 2 heterocycles. The highest BCUT2D eigenvalue weighted by molar-refractivity contribution is 5.47. The van der Waals surface area contributed by atoms with Gasteiger partial charge >= 0.3 is 0 Å². The number of nitrogens with two attached hydrogens (primary N) is 1. The van der Waals surface area contributed by atoms with Crippen LogP contribution in [0.1, 0.15) is 11.6 Å². The van der Waals surface area contributed by atoms with Crippen LogP contribution in [0.4, 0.5) is 11.6 Å². The van der Waals surface area contributed by atoms with Crippen molar-refractivity contribution in [2.45, 2.75) is 6.04 Å². The predicted molar refractivity (Wildman–Crippen MR) is 68.1 cm³/mol. The van der Waals surface area contributed by atoms with Gasteiger partial charge in [0, 0.05) is 5.56 Å². The molecule has 0 aliphatic carbocycles. The molecule has 0 amide bonds. The summed E-state index contributed by atoms with van der Waals surface area (Å²) in [6, 6.07) is 8.04. The fraction of sp³-hybridized carbons (Fsp3) is 0.167. The Hall–Kier alpha value is -2.34. The van der Waals surface area contributed by atoms with Crippen molar-refractivity contribution >= 4 is 11.6 Å². The van der Waals surface area contributed by atoms with E-state index in [1.165, 1.54) is 0 Å². The monoisotopic (exact) mass is 243 g/mol. The summed E-state index contributed by atoms with van der Waals surface area (Å²) < 4.78 is 5.59. The van der Waals surface area contributed by atoms with Gasteiger partial charge in [-0.3, -0.25) is 4.98 Å². The third-order valence-corrected chi connectivity index (χ3v) is 2.80. The lowest BCUT2D eigenvalue weighted by atomic mass is 10.1. The van der Waals surface area contributed by atoms with Gasteiger partial charge in [0.15, 0.2) is 5.82 Å². The topological polar surface area (TPSA) is 85.1 Å². The van der Waals surface area contributed by atoms with Crippen molar-refractivity contribution in [2.24, 2.45) is 5.84 Å². The number of para-hydroxylation sites is 1. The smallest absolute Gasteiger partial charge is 0.160 e. The van der Waals surface area contributed by atoms with E-state index in [0.717, 1.165) is 11.3 Å². The van der Waals surface area contributed by atoms with Gasteiger partial charge in [-0.2, -0.15) is 0 Å². The van der Waals surface area contributed by atoms with Crippen LogP contribution in [0.2, 0.25) is 0 Å². The number of hydrogen-bond acceptors (Lipinski definition) is 6. The van der Waals surface area contributed by atoms with Crippen LogP contribution in [-0.4, -0.2) is 16.6 Å². The molecule has 1 aliphatic heterocycles. The standard InChI is InChI=1S/C12H13N5O/c13-17-12-6-14-5-11(16-12)15-9-7-18-10-4-2-1-3-8(9)10/h1-6,9H,7,13H2,(H2,15,16,17). The lowest BCUT2D eigenvalue weighted by Crippen LogP contribution is -2.15. The van der Waals surface area contributed by atoms with Crippen molar-refractivity contribution in [3.63, 3.8) is 0 Å². The SMILES string of the molecule is NNc1cncc(NC2COc3ccccc32)n1. The van der Waals surface area contributed by atoms with Crippen LogP contribution in [-0.2, 0) is 0 Å². The second-order valence-electron chi connectivity index (χ2n) is 3.98. The Morgan fingerprint density at radius 3 is 2.94 bits per heavy atom. The average Bonchev–Trinajstić information content (AvgIpc) is 2.83. The maximum atomic E-state index is 5.59. The van der Waals surface area contributed by atoms with Crippen molar-refractivity contribution < 1.29 is 4.74 Å². The fourth-order valence-electron chi connectivity index (χ4n) is 1.97. The van der Waals surface area contributed by atoms with Crippen LogP contribution in [0, 0.1) is 0 Å². The number of benzene rings is 1. The molecule has 0 spiro atoms. The number of nitrogen functional groups attached to an aromatic ring is 1. The molecule has 1 aromatic heterocycles. The minimum absolute atomic E-state index is 0.0866. The zero-order valence-electron chi connectivity index (χ0n) is 9.63. The van der Waals surface area contributed by atoms with Crippen LogP contribution in [0.15, 0.2) is 36.7 Å². The Labute approximate surface area is 104 Å². The second-order valence-corrected chi connectivity index (χ2v) is 3.98. The summed E-state index contributed by atoms with van der Waals surface area (Å²) in [5, 5.41) is 3.28. The van der Waals surface area contributed by atoms with Crippen molar-refractivity contribution in [3.8, 4) is 5.75 Å².